The van der Waals surface area contributed by atoms with Crippen LogP contribution >= 0.6 is 12.6 Å². The van der Waals surface area contributed by atoms with Crippen molar-refractivity contribution in [3.05, 3.63) is 30.3 Å². The predicted octanol–water partition coefficient (Wildman–Crippen LogP) is 3.86. The van der Waals surface area contributed by atoms with E-state index in [1.165, 1.54) is 0 Å². The molecule has 2 aromatic rings. The number of benzene rings is 1. The molecule has 0 aliphatic rings. The Morgan fingerprint density at radius 1 is 1.10 bits per heavy atom. The Hall–Kier alpha value is -1.36. The Kier molecular flexibility index (Phi) is 5.79. The molecule has 0 bridgehead atoms. The number of nitrogens with zero attached hydrogens (tertiary/aromatic N) is 4. The van der Waals surface area contributed by atoms with Gasteiger partial charge in [-0.25, -0.2) is 0 Å². The fraction of sp³-hybridized carbons (Fsp3) is 0.562. The number of aromatic nitrogens is 4. The molecule has 21 heavy (non-hydrogen) atoms. The number of hydrogen-bond donors (Lipinski definition) is 1. The summed E-state index contributed by atoms with van der Waals surface area (Å²) >= 11 is 4.59. The number of hydrogen-bond acceptors (Lipinski definition) is 4. The number of tetrazole rings is 1. The second-order valence-electron chi connectivity index (χ2n) is 5.67. The minimum atomic E-state index is 0.168. The summed E-state index contributed by atoms with van der Waals surface area (Å²) < 4.78 is 0. The van der Waals surface area contributed by atoms with Crippen molar-refractivity contribution in [1.29, 1.82) is 0 Å². The van der Waals surface area contributed by atoms with Crippen LogP contribution in [0.1, 0.15) is 39.5 Å². The maximum absolute atomic E-state index is 4.59. The summed E-state index contributed by atoms with van der Waals surface area (Å²) in [5, 5.41) is 13.0. The summed E-state index contributed by atoms with van der Waals surface area (Å²) in [6, 6.07) is 9.98. The zero-order valence-corrected chi connectivity index (χ0v) is 13.8. The minimum Gasteiger partial charge on any atom is -0.179 e. The maximum Gasteiger partial charge on any atom is 0.204 e. The highest BCUT2D eigenvalue weighted by atomic mass is 32.1. The van der Waals surface area contributed by atoms with E-state index in [1.54, 1.807) is 4.80 Å². The van der Waals surface area contributed by atoms with E-state index in [4.69, 9.17) is 0 Å². The van der Waals surface area contributed by atoms with E-state index in [1.807, 2.05) is 30.3 Å². The van der Waals surface area contributed by atoms with Gasteiger partial charge in [0.25, 0.3) is 0 Å². The standard InChI is InChI=1S/C16H24N4S/c1-3-10-16(13-21,11-4-2)12-20-18-15(17-19-20)14-8-6-5-7-9-14/h5-9,21H,3-4,10-13H2,1-2H3. The lowest BCUT2D eigenvalue weighted by atomic mass is 9.81. The van der Waals surface area contributed by atoms with Gasteiger partial charge in [-0.2, -0.15) is 17.4 Å². The summed E-state index contributed by atoms with van der Waals surface area (Å²) in [7, 11) is 0. The number of rotatable bonds is 8. The zero-order valence-electron chi connectivity index (χ0n) is 12.9. The van der Waals surface area contributed by atoms with E-state index in [0.29, 0.717) is 5.82 Å². The number of thiol groups is 1. The first-order valence-electron chi connectivity index (χ1n) is 7.67. The molecule has 2 rings (SSSR count). The van der Waals surface area contributed by atoms with Gasteiger partial charge in [-0.1, -0.05) is 57.0 Å². The lowest BCUT2D eigenvalue weighted by Gasteiger charge is -2.30. The average Bonchev–Trinajstić information content (AvgIpc) is 2.97. The zero-order chi connectivity index (χ0) is 15.1. The van der Waals surface area contributed by atoms with Gasteiger partial charge in [-0.15, -0.1) is 10.2 Å². The molecule has 1 aromatic heterocycles. The molecule has 5 heteroatoms. The molecule has 0 aliphatic carbocycles. The van der Waals surface area contributed by atoms with E-state index in [2.05, 4.69) is 41.9 Å². The molecule has 0 aliphatic heterocycles. The normalized spacial score (nSPS) is 11.8. The third-order valence-corrected chi connectivity index (χ3v) is 4.53. The molecule has 4 nitrogen and oxygen atoms in total. The van der Waals surface area contributed by atoms with Gasteiger partial charge in [0.05, 0.1) is 6.54 Å². The monoisotopic (exact) mass is 304 g/mol. The molecule has 1 aromatic carbocycles. The molecule has 1 heterocycles. The van der Waals surface area contributed by atoms with Crippen LogP contribution in [0, 0.1) is 5.41 Å². The summed E-state index contributed by atoms with van der Waals surface area (Å²) in [5.74, 6) is 1.55. The van der Waals surface area contributed by atoms with Crippen molar-refractivity contribution >= 4 is 12.6 Å². The topological polar surface area (TPSA) is 43.6 Å². The highest BCUT2D eigenvalue weighted by molar-refractivity contribution is 7.80. The van der Waals surface area contributed by atoms with Crippen molar-refractivity contribution in [3.8, 4) is 11.4 Å². The summed E-state index contributed by atoms with van der Waals surface area (Å²) in [6.45, 7) is 5.23. The second kappa shape index (κ2) is 7.59. The van der Waals surface area contributed by atoms with Crippen molar-refractivity contribution in [2.75, 3.05) is 5.75 Å². The van der Waals surface area contributed by atoms with Crippen LogP contribution in [0.5, 0.6) is 0 Å². The molecule has 0 atom stereocenters. The predicted molar refractivity (Wildman–Crippen MR) is 89.4 cm³/mol. The maximum atomic E-state index is 4.59. The summed E-state index contributed by atoms with van der Waals surface area (Å²) in [5.41, 5.74) is 1.17. The molecule has 0 amide bonds. The molecule has 0 fully saturated rings. The third kappa shape index (κ3) is 4.06. The first-order valence-corrected chi connectivity index (χ1v) is 8.30. The van der Waals surface area contributed by atoms with Crippen molar-refractivity contribution in [1.82, 2.24) is 20.2 Å². The van der Waals surface area contributed by atoms with Gasteiger partial charge in [-0.3, -0.25) is 0 Å². The highest BCUT2D eigenvalue weighted by Crippen LogP contribution is 2.33. The van der Waals surface area contributed by atoms with Crippen LogP contribution in [-0.2, 0) is 6.54 Å². The molecule has 0 radical (unpaired) electrons. The van der Waals surface area contributed by atoms with Gasteiger partial charge in [0, 0.05) is 11.0 Å². The smallest absolute Gasteiger partial charge is 0.179 e. The minimum absolute atomic E-state index is 0.168. The van der Waals surface area contributed by atoms with Gasteiger partial charge in [-0.05, 0) is 23.8 Å². The van der Waals surface area contributed by atoms with E-state index >= 15 is 0 Å². The van der Waals surface area contributed by atoms with Crippen LogP contribution in [0.25, 0.3) is 11.4 Å². The lowest BCUT2D eigenvalue weighted by molar-refractivity contribution is 0.208. The van der Waals surface area contributed by atoms with Gasteiger partial charge in [0.2, 0.25) is 5.82 Å². The molecule has 114 valence electrons. The lowest BCUT2D eigenvalue weighted by Crippen LogP contribution is -2.30. The molecular weight excluding hydrogens is 280 g/mol. The van der Waals surface area contributed by atoms with Crippen molar-refractivity contribution in [3.63, 3.8) is 0 Å². The van der Waals surface area contributed by atoms with Crippen molar-refractivity contribution < 1.29 is 0 Å². The molecular formula is C16H24N4S. The fourth-order valence-electron chi connectivity index (χ4n) is 2.86. The van der Waals surface area contributed by atoms with E-state index in [0.717, 1.165) is 43.5 Å². The Morgan fingerprint density at radius 2 is 1.76 bits per heavy atom. The van der Waals surface area contributed by atoms with Crippen LogP contribution in [0.4, 0.5) is 0 Å². The van der Waals surface area contributed by atoms with E-state index in [9.17, 15) is 0 Å². The second-order valence-corrected chi connectivity index (χ2v) is 5.98. The quantitative estimate of drug-likeness (QED) is 0.753. The van der Waals surface area contributed by atoms with Gasteiger partial charge in [0.1, 0.15) is 0 Å². The Balaban J connectivity index is 2.16. The SMILES string of the molecule is CCCC(CS)(CCC)Cn1nnc(-c2ccccc2)n1. The van der Waals surface area contributed by atoms with Crippen molar-refractivity contribution in [2.24, 2.45) is 5.41 Å². The van der Waals surface area contributed by atoms with Crippen molar-refractivity contribution in [2.45, 2.75) is 46.1 Å². The first-order chi connectivity index (χ1) is 10.2. The van der Waals surface area contributed by atoms with Crippen LogP contribution in [0.2, 0.25) is 0 Å². The van der Waals surface area contributed by atoms with Gasteiger partial charge >= 0.3 is 0 Å². The Morgan fingerprint density at radius 3 is 2.33 bits per heavy atom. The van der Waals surface area contributed by atoms with Gasteiger partial charge < -0.3 is 0 Å². The van der Waals surface area contributed by atoms with Gasteiger partial charge in [0.15, 0.2) is 0 Å². The van der Waals surface area contributed by atoms with Crippen LogP contribution in [0.15, 0.2) is 30.3 Å². The largest absolute Gasteiger partial charge is 0.204 e. The average molecular weight is 304 g/mol. The molecule has 0 saturated heterocycles. The van der Waals surface area contributed by atoms with Crippen LogP contribution in [-0.4, -0.2) is 26.0 Å². The van der Waals surface area contributed by atoms with Crippen LogP contribution in [0.3, 0.4) is 0 Å². The molecule has 0 spiro atoms. The Labute approximate surface area is 132 Å². The van der Waals surface area contributed by atoms with E-state index in [-0.39, 0.29) is 5.41 Å². The van der Waals surface area contributed by atoms with E-state index < -0.39 is 0 Å². The highest BCUT2D eigenvalue weighted by Gasteiger charge is 2.28. The van der Waals surface area contributed by atoms with Crippen LogP contribution < -0.4 is 0 Å². The molecule has 0 saturated carbocycles. The summed E-state index contributed by atoms with van der Waals surface area (Å²) in [6.07, 6.45) is 4.60. The third-order valence-electron chi connectivity index (χ3n) is 3.86. The Bertz CT molecular complexity index is 532. The summed E-state index contributed by atoms with van der Waals surface area (Å²) in [4.78, 5) is 1.74. The first kappa shape index (κ1) is 16.0. The molecule has 0 N–H and O–H groups in total. The molecule has 0 unspecified atom stereocenters. The fourth-order valence-corrected chi connectivity index (χ4v) is 3.28.